The van der Waals surface area contributed by atoms with E-state index in [9.17, 15) is 4.39 Å². The minimum atomic E-state index is -0.227. The third kappa shape index (κ3) is 6.27. The summed E-state index contributed by atoms with van der Waals surface area (Å²) in [6.07, 6.45) is 8.93. The first-order chi connectivity index (χ1) is 15.6. The first-order valence-corrected chi connectivity index (χ1v) is 12.7. The zero-order chi connectivity index (χ0) is 22.3. The first kappa shape index (κ1) is 23.1. The number of aromatic nitrogens is 2. The topological polar surface area (TPSA) is 49.8 Å². The van der Waals surface area contributed by atoms with Crippen molar-refractivity contribution in [1.29, 1.82) is 0 Å². The molecule has 2 N–H and O–H groups in total. The summed E-state index contributed by atoms with van der Waals surface area (Å²) in [5.74, 6) is 0.453. The molecule has 0 radical (unpaired) electrons. The lowest BCUT2D eigenvalue weighted by Crippen LogP contribution is -2.34. The molecule has 32 heavy (non-hydrogen) atoms. The van der Waals surface area contributed by atoms with Gasteiger partial charge in [0.05, 0.1) is 10.7 Å². The van der Waals surface area contributed by atoms with Crippen LogP contribution >= 0.6 is 22.9 Å². The van der Waals surface area contributed by atoms with Crippen molar-refractivity contribution >= 4 is 28.1 Å². The van der Waals surface area contributed by atoms with Crippen LogP contribution in [0, 0.1) is 11.7 Å². The number of nitrogens with zero attached hydrogens (tertiary/aromatic N) is 2. The second kappa shape index (κ2) is 11.2. The van der Waals surface area contributed by atoms with Crippen LogP contribution in [0.1, 0.15) is 50.3 Å². The second-order valence-corrected chi connectivity index (χ2v) is 9.81. The molecule has 1 aliphatic rings. The molecule has 1 saturated carbocycles. The third-order valence-electron chi connectivity index (χ3n) is 6.08. The molecule has 0 aliphatic heterocycles. The molecule has 3 aromatic rings. The van der Waals surface area contributed by atoms with Crippen LogP contribution in [0.25, 0.3) is 11.3 Å². The van der Waals surface area contributed by atoms with Gasteiger partial charge in [-0.1, -0.05) is 30.7 Å². The molecule has 4 nitrogen and oxygen atoms in total. The van der Waals surface area contributed by atoms with E-state index in [-0.39, 0.29) is 5.82 Å². The first-order valence-electron chi connectivity index (χ1n) is 11.4. The highest BCUT2D eigenvalue weighted by atomic mass is 35.5. The fourth-order valence-corrected chi connectivity index (χ4v) is 5.17. The monoisotopic (exact) mass is 472 g/mol. The van der Waals surface area contributed by atoms with Gasteiger partial charge in [0.15, 0.2) is 5.13 Å². The molecule has 0 atom stereocenters. The number of benzene rings is 1. The number of hydrogen-bond donors (Lipinski definition) is 2. The zero-order valence-electron chi connectivity index (χ0n) is 18.4. The molecule has 2 heterocycles. The molecule has 1 fully saturated rings. The fraction of sp³-hybridized carbons (Fsp3) is 0.440. The van der Waals surface area contributed by atoms with E-state index in [1.807, 2.05) is 5.38 Å². The second-order valence-electron chi connectivity index (χ2n) is 8.55. The van der Waals surface area contributed by atoms with Gasteiger partial charge in [-0.2, -0.15) is 0 Å². The van der Waals surface area contributed by atoms with E-state index < -0.39 is 0 Å². The van der Waals surface area contributed by atoms with E-state index in [1.165, 1.54) is 44.2 Å². The molecule has 0 unspecified atom stereocenters. The molecule has 7 heteroatoms. The maximum atomic E-state index is 13.1. The molecule has 1 aromatic carbocycles. The van der Waals surface area contributed by atoms with Gasteiger partial charge < -0.3 is 10.6 Å². The van der Waals surface area contributed by atoms with Gasteiger partial charge in [-0.3, -0.25) is 4.98 Å². The summed E-state index contributed by atoms with van der Waals surface area (Å²) >= 11 is 8.02. The Labute approximate surface area is 198 Å². The lowest BCUT2D eigenvalue weighted by Gasteiger charge is -2.29. The highest BCUT2D eigenvalue weighted by molar-refractivity contribution is 7.14. The molecule has 4 rings (SSSR count). The van der Waals surface area contributed by atoms with E-state index in [4.69, 9.17) is 16.6 Å². The van der Waals surface area contributed by atoms with E-state index in [0.717, 1.165) is 40.6 Å². The van der Waals surface area contributed by atoms with Gasteiger partial charge >= 0.3 is 0 Å². The van der Waals surface area contributed by atoms with Crippen molar-refractivity contribution in [2.45, 2.75) is 58.0 Å². The van der Waals surface area contributed by atoms with Crippen LogP contribution in [0.5, 0.6) is 0 Å². The Morgan fingerprint density at radius 2 is 1.94 bits per heavy atom. The summed E-state index contributed by atoms with van der Waals surface area (Å²) in [5, 5.41) is 10.4. The number of thiazole rings is 1. The van der Waals surface area contributed by atoms with E-state index >= 15 is 0 Å². The van der Waals surface area contributed by atoms with Crippen LogP contribution in [-0.4, -0.2) is 22.6 Å². The number of anilines is 1. The molecule has 0 bridgehead atoms. The maximum absolute atomic E-state index is 13.1. The number of pyridine rings is 1. The molecule has 0 saturated heterocycles. The van der Waals surface area contributed by atoms with E-state index in [1.54, 1.807) is 29.7 Å². The van der Waals surface area contributed by atoms with Crippen LogP contribution in [0.2, 0.25) is 5.02 Å². The molecule has 1 aliphatic carbocycles. The zero-order valence-corrected chi connectivity index (χ0v) is 20.0. The average Bonchev–Trinajstić information content (AvgIpc) is 3.28. The Morgan fingerprint density at radius 1 is 1.16 bits per heavy atom. The maximum Gasteiger partial charge on any atom is 0.183 e. The average molecular weight is 473 g/mol. The highest BCUT2D eigenvalue weighted by Gasteiger charge is 2.22. The Balaban J connectivity index is 1.36. The molecular formula is C25H30ClFN4S. The van der Waals surface area contributed by atoms with Gasteiger partial charge in [-0.05, 0) is 74.8 Å². The fourth-order valence-electron chi connectivity index (χ4n) is 4.26. The third-order valence-corrected chi connectivity index (χ3v) is 7.18. The Morgan fingerprint density at radius 3 is 2.69 bits per heavy atom. The smallest absolute Gasteiger partial charge is 0.183 e. The number of rotatable bonds is 9. The van der Waals surface area contributed by atoms with E-state index in [2.05, 4.69) is 28.6 Å². The minimum absolute atomic E-state index is 0.227. The van der Waals surface area contributed by atoms with Gasteiger partial charge in [-0.25, -0.2) is 9.37 Å². The quantitative estimate of drug-likeness (QED) is 0.363. The van der Waals surface area contributed by atoms with Crippen molar-refractivity contribution in [3.05, 3.63) is 64.0 Å². The molecular weight excluding hydrogens is 443 g/mol. The Hall–Kier alpha value is -2.02. The standard InChI is InChI=1S/C25H30ClFN4S/c1-2-11-28-20-9-5-17(6-10-20)12-21-13-22(23(26)15-29-21)24-16-32-25(31-24)30-14-18-3-7-19(27)8-4-18/h3-4,7-8,13,15-17,20,28H,2,5-6,9-12,14H2,1H3,(H,30,31). The van der Waals surface area contributed by atoms with Crippen molar-refractivity contribution in [2.24, 2.45) is 5.92 Å². The summed E-state index contributed by atoms with van der Waals surface area (Å²) in [6, 6.07) is 9.26. The number of hydrogen-bond acceptors (Lipinski definition) is 5. The van der Waals surface area contributed by atoms with Crippen molar-refractivity contribution in [2.75, 3.05) is 11.9 Å². The Bertz CT molecular complexity index is 999. The van der Waals surface area contributed by atoms with Gasteiger partial charge in [0.1, 0.15) is 5.82 Å². The molecule has 2 aromatic heterocycles. The summed E-state index contributed by atoms with van der Waals surface area (Å²) in [7, 11) is 0. The predicted octanol–water partition coefficient (Wildman–Crippen LogP) is 6.71. The number of halogens is 2. The Kier molecular flexibility index (Phi) is 8.11. The van der Waals surface area contributed by atoms with Crippen molar-refractivity contribution < 1.29 is 4.39 Å². The van der Waals surface area contributed by atoms with Gasteiger partial charge in [0.2, 0.25) is 0 Å². The molecule has 170 valence electrons. The SMILES string of the molecule is CCCNC1CCC(Cc2cc(-c3csc(NCc4ccc(F)cc4)n3)c(Cl)cn2)CC1. The van der Waals surface area contributed by atoms with Crippen molar-refractivity contribution in [3.8, 4) is 11.3 Å². The summed E-state index contributed by atoms with van der Waals surface area (Å²) in [6.45, 7) is 3.93. The van der Waals surface area contributed by atoms with Crippen molar-refractivity contribution in [3.63, 3.8) is 0 Å². The van der Waals surface area contributed by atoms with Crippen LogP contribution in [-0.2, 0) is 13.0 Å². The van der Waals surface area contributed by atoms with Crippen LogP contribution in [0.4, 0.5) is 9.52 Å². The van der Waals surface area contributed by atoms with Gasteiger partial charge in [-0.15, -0.1) is 11.3 Å². The van der Waals surface area contributed by atoms with Crippen LogP contribution in [0.15, 0.2) is 41.9 Å². The van der Waals surface area contributed by atoms with Crippen LogP contribution in [0.3, 0.4) is 0 Å². The summed E-state index contributed by atoms with van der Waals surface area (Å²) in [4.78, 5) is 9.31. The molecule has 0 spiro atoms. The normalized spacial score (nSPS) is 18.6. The highest BCUT2D eigenvalue weighted by Crippen LogP contribution is 2.33. The van der Waals surface area contributed by atoms with E-state index in [0.29, 0.717) is 23.5 Å². The molecule has 0 amide bonds. The number of nitrogens with one attached hydrogen (secondary N) is 2. The minimum Gasteiger partial charge on any atom is -0.357 e. The van der Waals surface area contributed by atoms with Crippen molar-refractivity contribution in [1.82, 2.24) is 15.3 Å². The van der Waals surface area contributed by atoms with Gasteiger partial charge in [0.25, 0.3) is 0 Å². The lowest BCUT2D eigenvalue weighted by molar-refractivity contribution is 0.290. The van der Waals surface area contributed by atoms with Crippen LogP contribution < -0.4 is 10.6 Å². The summed E-state index contributed by atoms with van der Waals surface area (Å²) in [5.41, 5.74) is 3.88. The largest absolute Gasteiger partial charge is 0.357 e. The van der Waals surface area contributed by atoms with Gasteiger partial charge in [0, 0.05) is 35.4 Å². The predicted molar refractivity (Wildman–Crippen MR) is 132 cm³/mol. The summed E-state index contributed by atoms with van der Waals surface area (Å²) < 4.78 is 13.1. The lowest BCUT2D eigenvalue weighted by atomic mass is 9.83.